The van der Waals surface area contributed by atoms with Crippen molar-refractivity contribution in [3.63, 3.8) is 0 Å². The van der Waals surface area contributed by atoms with E-state index in [0.717, 1.165) is 11.8 Å². The van der Waals surface area contributed by atoms with Crippen LogP contribution in [0.1, 0.15) is 0 Å². The summed E-state index contributed by atoms with van der Waals surface area (Å²) in [7, 11) is -4.14. The molecule has 14 heavy (non-hydrogen) atoms. The van der Waals surface area contributed by atoms with Crippen LogP contribution in [0.3, 0.4) is 0 Å². The first-order chi connectivity index (χ1) is 6.39. The first-order valence-electron chi connectivity index (χ1n) is 3.49. The van der Waals surface area contributed by atoms with Gasteiger partial charge in [0, 0.05) is 4.90 Å². The van der Waals surface area contributed by atoms with Crippen molar-refractivity contribution in [2.45, 2.75) is 9.79 Å². The van der Waals surface area contributed by atoms with Gasteiger partial charge in [0.15, 0.2) is 5.17 Å². The molecule has 1 aromatic carbocycles. The second-order valence-electron chi connectivity index (χ2n) is 2.41. The first kappa shape index (κ1) is 11.0. The van der Waals surface area contributed by atoms with Crippen molar-refractivity contribution in [2.75, 3.05) is 0 Å². The molecule has 0 aliphatic carbocycles. The van der Waals surface area contributed by atoms with Crippen LogP contribution in [0.2, 0.25) is 0 Å². The Bertz CT molecular complexity index is 439. The summed E-state index contributed by atoms with van der Waals surface area (Å²) >= 11 is 1.00. The molecule has 0 amide bonds. The smallest absolute Gasteiger partial charge is 0.294 e. The molecule has 0 unspecified atom stereocenters. The van der Waals surface area contributed by atoms with E-state index in [1.807, 2.05) is 0 Å². The van der Waals surface area contributed by atoms with E-state index < -0.39 is 10.1 Å². The maximum Gasteiger partial charge on any atom is 0.294 e. The Hall–Kier alpha value is -1.05. The van der Waals surface area contributed by atoms with E-state index in [4.69, 9.17) is 15.7 Å². The van der Waals surface area contributed by atoms with Crippen molar-refractivity contribution in [3.05, 3.63) is 24.3 Å². The van der Waals surface area contributed by atoms with Crippen LogP contribution in [-0.4, -0.2) is 18.1 Å². The highest BCUT2D eigenvalue weighted by molar-refractivity contribution is 8.13. The summed E-state index contributed by atoms with van der Waals surface area (Å²) in [4.78, 5) is 0.468. The molecule has 1 rings (SSSR count). The van der Waals surface area contributed by atoms with E-state index in [9.17, 15) is 8.42 Å². The third kappa shape index (κ3) is 3.02. The van der Waals surface area contributed by atoms with Crippen molar-refractivity contribution in [2.24, 2.45) is 5.73 Å². The minimum atomic E-state index is -4.14. The van der Waals surface area contributed by atoms with E-state index >= 15 is 0 Å². The number of amidine groups is 1. The number of hydrogen-bond donors (Lipinski definition) is 3. The summed E-state index contributed by atoms with van der Waals surface area (Å²) in [5.41, 5.74) is 5.13. The fraction of sp³-hybridized carbons (Fsp3) is 0. The molecule has 0 fully saturated rings. The van der Waals surface area contributed by atoms with Crippen molar-refractivity contribution in [3.8, 4) is 0 Å². The maximum atomic E-state index is 10.6. The molecule has 76 valence electrons. The van der Waals surface area contributed by atoms with Crippen molar-refractivity contribution in [1.82, 2.24) is 0 Å². The molecule has 0 aromatic heterocycles. The van der Waals surface area contributed by atoms with Crippen LogP contribution in [0, 0.1) is 5.41 Å². The molecule has 0 bridgehead atoms. The van der Waals surface area contributed by atoms with Gasteiger partial charge in [-0.15, -0.1) is 0 Å². The van der Waals surface area contributed by atoms with Crippen LogP contribution >= 0.6 is 11.8 Å². The standard InChI is InChI=1S/C7H8N2O3S2/c8-7(9)13-5-1-3-6(4-2-5)14(10,11)12/h1-4H,(H3,8,9)(H,10,11,12). The lowest BCUT2D eigenvalue weighted by Crippen LogP contribution is -2.03. The lowest BCUT2D eigenvalue weighted by molar-refractivity contribution is 0.483. The molecule has 0 spiro atoms. The molecule has 7 heteroatoms. The molecule has 0 saturated carbocycles. The molecule has 0 aliphatic rings. The lowest BCUT2D eigenvalue weighted by atomic mass is 10.4. The van der Waals surface area contributed by atoms with Gasteiger partial charge in [-0.05, 0) is 24.3 Å². The van der Waals surface area contributed by atoms with Crippen LogP contribution in [0.15, 0.2) is 34.1 Å². The molecule has 5 nitrogen and oxygen atoms in total. The Balaban J connectivity index is 2.95. The number of thioether (sulfide) groups is 1. The average Bonchev–Trinajstić information content (AvgIpc) is 2.02. The monoisotopic (exact) mass is 232 g/mol. The van der Waals surface area contributed by atoms with Gasteiger partial charge in [0.1, 0.15) is 0 Å². The second kappa shape index (κ2) is 3.99. The van der Waals surface area contributed by atoms with Gasteiger partial charge in [0.25, 0.3) is 10.1 Å². The van der Waals surface area contributed by atoms with E-state index in [0.29, 0.717) is 4.90 Å². The summed E-state index contributed by atoms with van der Waals surface area (Å²) in [6.07, 6.45) is 0. The minimum Gasteiger partial charge on any atom is -0.378 e. The molecular weight excluding hydrogens is 224 g/mol. The fourth-order valence-electron chi connectivity index (χ4n) is 0.807. The number of hydrogen-bond acceptors (Lipinski definition) is 4. The Morgan fingerprint density at radius 2 is 1.86 bits per heavy atom. The highest BCUT2D eigenvalue weighted by Crippen LogP contribution is 2.19. The minimum absolute atomic E-state index is 0.0791. The van der Waals surface area contributed by atoms with E-state index in [1.54, 1.807) is 0 Å². The number of nitrogens with two attached hydrogens (primary N) is 1. The zero-order valence-electron chi connectivity index (χ0n) is 6.97. The van der Waals surface area contributed by atoms with Crippen LogP contribution in [-0.2, 0) is 10.1 Å². The molecule has 0 heterocycles. The molecule has 0 saturated heterocycles. The van der Waals surface area contributed by atoms with Crippen LogP contribution < -0.4 is 5.73 Å². The third-order valence-electron chi connectivity index (χ3n) is 1.35. The summed E-state index contributed by atoms with van der Waals surface area (Å²) in [6.45, 7) is 0. The van der Waals surface area contributed by atoms with Crippen molar-refractivity contribution >= 4 is 27.0 Å². The molecule has 0 atom stereocenters. The van der Waals surface area contributed by atoms with Gasteiger partial charge in [0.2, 0.25) is 0 Å². The summed E-state index contributed by atoms with van der Waals surface area (Å²) in [5, 5.41) is 6.90. The topological polar surface area (TPSA) is 104 Å². The zero-order valence-corrected chi connectivity index (χ0v) is 8.60. The number of nitrogens with one attached hydrogen (secondary N) is 1. The quantitative estimate of drug-likeness (QED) is 0.304. The SMILES string of the molecule is N=C(N)Sc1ccc(S(=O)(=O)O)cc1. The second-order valence-corrected chi connectivity index (χ2v) is 4.95. The van der Waals surface area contributed by atoms with Gasteiger partial charge in [-0.1, -0.05) is 11.8 Å². The van der Waals surface area contributed by atoms with Crippen molar-refractivity contribution < 1.29 is 13.0 Å². The first-order valence-corrected chi connectivity index (χ1v) is 5.74. The van der Waals surface area contributed by atoms with Gasteiger partial charge in [-0.25, -0.2) is 0 Å². The van der Waals surface area contributed by atoms with E-state index in [-0.39, 0.29) is 10.1 Å². The number of rotatable bonds is 2. The van der Waals surface area contributed by atoms with Crippen LogP contribution in [0.25, 0.3) is 0 Å². The third-order valence-corrected chi connectivity index (χ3v) is 2.95. The molecule has 1 aromatic rings. The lowest BCUT2D eigenvalue weighted by Gasteiger charge is -1.99. The van der Waals surface area contributed by atoms with Crippen LogP contribution in [0.5, 0.6) is 0 Å². The van der Waals surface area contributed by atoms with Gasteiger partial charge in [-0.3, -0.25) is 9.96 Å². The summed E-state index contributed by atoms with van der Waals surface area (Å²) < 4.78 is 30.0. The van der Waals surface area contributed by atoms with E-state index in [2.05, 4.69) is 0 Å². The zero-order chi connectivity index (χ0) is 10.8. The molecular formula is C7H8N2O3S2. The molecule has 0 radical (unpaired) electrons. The fourth-order valence-corrected chi connectivity index (χ4v) is 1.81. The van der Waals surface area contributed by atoms with Gasteiger partial charge in [-0.2, -0.15) is 8.42 Å². The summed E-state index contributed by atoms with van der Waals surface area (Å²) in [5.74, 6) is 0. The normalized spacial score (nSPS) is 11.2. The van der Waals surface area contributed by atoms with E-state index in [1.165, 1.54) is 24.3 Å². The highest BCUT2D eigenvalue weighted by atomic mass is 32.2. The van der Waals surface area contributed by atoms with Crippen molar-refractivity contribution in [1.29, 1.82) is 5.41 Å². The Kier molecular flexibility index (Phi) is 3.14. The predicted octanol–water partition coefficient (Wildman–Crippen LogP) is 0.919. The molecule has 0 aliphatic heterocycles. The summed E-state index contributed by atoms with van der Waals surface area (Å²) in [6, 6.07) is 5.44. The van der Waals surface area contributed by atoms with Crippen LogP contribution in [0.4, 0.5) is 0 Å². The highest BCUT2D eigenvalue weighted by Gasteiger charge is 2.08. The Morgan fingerprint density at radius 3 is 2.21 bits per heavy atom. The maximum absolute atomic E-state index is 10.6. The van der Waals surface area contributed by atoms with Gasteiger partial charge >= 0.3 is 0 Å². The molecule has 4 N–H and O–H groups in total. The predicted molar refractivity (Wildman–Crippen MR) is 54.0 cm³/mol. The Morgan fingerprint density at radius 1 is 1.36 bits per heavy atom. The number of benzene rings is 1. The largest absolute Gasteiger partial charge is 0.378 e. The van der Waals surface area contributed by atoms with Gasteiger partial charge in [0.05, 0.1) is 4.90 Å². The van der Waals surface area contributed by atoms with Gasteiger partial charge < -0.3 is 5.73 Å². The Labute approximate surface area is 85.6 Å². The average molecular weight is 232 g/mol.